The van der Waals surface area contributed by atoms with Crippen LogP contribution in [0.4, 0.5) is 4.79 Å². The first-order valence-electron chi connectivity index (χ1n) is 8.35. The predicted octanol–water partition coefficient (Wildman–Crippen LogP) is 0.494. The van der Waals surface area contributed by atoms with Crippen LogP contribution in [0.5, 0.6) is 6.01 Å². The van der Waals surface area contributed by atoms with Crippen LogP contribution in [0.2, 0.25) is 0 Å². The minimum atomic E-state index is -4.49. The topological polar surface area (TPSA) is 139 Å². The third-order valence-corrected chi connectivity index (χ3v) is 4.84. The predicted molar refractivity (Wildman–Crippen MR) is 96.8 cm³/mol. The van der Waals surface area contributed by atoms with E-state index in [9.17, 15) is 22.8 Å². The Morgan fingerprint density at radius 2 is 1.89 bits per heavy atom. The molecular weight excluding hydrogens is 392 g/mol. The summed E-state index contributed by atoms with van der Waals surface area (Å²) in [7, 11) is -3.16. The first-order chi connectivity index (χ1) is 13.2. The van der Waals surface area contributed by atoms with E-state index in [0.717, 1.165) is 10.6 Å². The Hall–Kier alpha value is -3.15. The molecule has 152 valence electrons. The van der Waals surface area contributed by atoms with Crippen LogP contribution in [0.15, 0.2) is 34.0 Å². The van der Waals surface area contributed by atoms with Crippen molar-refractivity contribution in [3.8, 4) is 6.01 Å². The highest BCUT2D eigenvalue weighted by Gasteiger charge is 2.27. The molecule has 0 bridgehead atoms. The minimum Gasteiger partial charge on any atom is -0.464 e. The minimum absolute atomic E-state index is 0.0451. The number of ether oxygens (including phenoxy) is 2. The number of carbonyl (C=O) groups is 2. The van der Waals surface area contributed by atoms with E-state index in [0.29, 0.717) is 11.1 Å². The van der Waals surface area contributed by atoms with E-state index in [1.807, 2.05) is 6.92 Å². The van der Waals surface area contributed by atoms with Crippen molar-refractivity contribution in [2.75, 3.05) is 13.2 Å². The number of benzene rings is 1. The summed E-state index contributed by atoms with van der Waals surface area (Å²) < 4.78 is 38.3. The maximum absolute atomic E-state index is 12.6. The highest BCUT2D eigenvalue weighted by molar-refractivity contribution is 7.90. The fourth-order valence-electron chi connectivity index (χ4n) is 2.16. The first-order valence-corrected chi connectivity index (χ1v) is 9.83. The molecule has 28 heavy (non-hydrogen) atoms. The molecule has 1 heterocycles. The third-order valence-electron chi connectivity index (χ3n) is 3.46. The average molecular weight is 412 g/mol. The molecule has 0 spiro atoms. The lowest BCUT2D eigenvalue weighted by Crippen LogP contribution is -2.40. The fraction of sp³-hybridized carbons (Fsp3) is 0.375. The Bertz CT molecular complexity index is 1040. The smallest absolute Gasteiger partial charge is 0.360 e. The van der Waals surface area contributed by atoms with Gasteiger partial charge in [0.1, 0.15) is 4.90 Å². The maximum atomic E-state index is 12.6. The van der Waals surface area contributed by atoms with E-state index in [2.05, 4.69) is 5.10 Å². The number of aromatic nitrogens is 3. The van der Waals surface area contributed by atoms with E-state index < -0.39 is 32.6 Å². The molecule has 1 amide bonds. The quantitative estimate of drug-likeness (QED) is 0.649. The van der Waals surface area contributed by atoms with Crippen LogP contribution >= 0.6 is 0 Å². The summed E-state index contributed by atoms with van der Waals surface area (Å²) in [5, 5.41) is 3.69. The van der Waals surface area contributed by atoms with Gasteiger partial charge in [0.15, 0.2) is 0 Å². The zero-order valence-corrected chi connectivity index (χ0v) is 16.4. The Morgan fingerprint density at radius 3 is 2.54 bits per heavy atom. The van der Waals surface area contributed by atoms with E-state index in [-0.39, 0.29) is 24.8 Å². The standard InChI is InChI=1S/C16H20N4O7S/c1-4-10-27-15-17-20(16(23)19(15)3)14(22)18-28(24,25)12-9-7-6-8-11(12)13(21)26-5-2/h6-9H,4-5,10H2,1-3H3,(H,18,22). The summed E-state index contributed by atoms with van der Waals surface area (Å²) in [6.45, 7) is 3.72. The lowest BCUT2D eigenvalue weighted by Gasteiger charge is -2.10. The normalized spacial score (nSPS) is 11.1. The third kappa shape index (κ3) is 4.39. The van der Waals surface area contributed by atoms with Gasteiger partial charge in [-0.25, -0.2) is 32.1 Å². The SMILES string of the molecule is CCCOc1nn(C(=O)NS(=O)(=O)c2ccccc2C(=O)OCC)c(=O)n1C. The van der Waals surface area contributed by atoms with Gasteiger partial charge >= 0.3 is 23.7 Å². The second kappa shape index (κ2) is 8.69. The van der Waals surface area contributed by atoms with Gasteiger partial charge in [-0.1, -0.05) is 19.1 Å². The van der Waals surface area contributed by atoms with Crippen molar-refractivity contribution in [3.05, 3.63) is 40.3 Å². The Balaban J connectivity index is 2.35. The molecule has 0 radical (unpaired) electrons. The molecule has 0 fully saturated rings. The van der Waals surface area contributed by atoms with Gasteiger partial charge in [-0.2, -0.15) is 0 Å². The molecule has 0 atom stereocenters. The molecule has 2 aromatic rings. The van der Waals surface area contributed by atoms with Gasteiger partial charge in [-0.05, 0) is 25.5 Å². The van der Waals surface area contributed by atoms with Crippen molar-refractivity contribution >= 4 is 22.0 Å². The molecule has 0 aliphatic rings. The summed E-state index contributed by atoms with van der Waals surface area (Å²) in [6.07, 6.45) is 0.645. The number of hydrogen-bond donors (Lipinski definition) is 1. The van der Waals surface area contributed by atoms with Gasteiger partial charge in [0, 0.05) is 7.05 Å². The van der Waals surface area contributed by atoms with Crippen LogP contribution in [0, 0.1) is 0 Å². The van der Waals surface area contributed by atoms with Gasteiger partial charge in [0.25, 0.3) is 10.0 Å². The van der Waals surface area contributed by atoms with Crippen LogP contribution in [0.1, 0.15) is 30.6 Å². The molecular formula is C16H20N4O7S. The molecule has 11 nitrogen and oxygen atoms in total. The molecule has 1 N–H and O–H groups in total. The molecule has 12 heteroatoms. The molecule has 0 saturated carbocycles. The zero-order chi connectivity index (χ0) is 20.9. The van der Waals surface area contributed by atoms with Crippen molar-refractivity contribution in [3.63, 3.8) is 0 Å². The lowest BCUT2D eigenvalue weighted by molar-refractivity contribution is 0.0521. The largest absolute Gasteiger partial charge is 0.464 e. The van der Waals surface area contributed by atoms with Crippen LogP contribution in [-0.4, -0.2) is 48.0 Å². The second-order valence-corrected chi connectivity index (χ2v) is 7.16. The Morgan fingerprint density at radius 1 is 1.21 bits per heavy atom. The van der Waals surface area contributed by atoms with Crippen molar-refractivity contribution in [2.45, 2.75) is 25.2 Å². The number of esters is 1. The molecule has 1 aromatic heterocycles. The number of rotatable bonds is 7. The van der Waals surface area contributed by atoms with Gasteiger partial charge in [-0.3, -0.25) is 0 Å². The van der Waals surface area contributed by atoms with Gasteiger partial charge in [-0.15, -0.1) is 9.78 Å². The summed E-state index contributed by atoms with van der Waals surface area (Å²) >= 11 is 0. The fourth-order valence-corrected chi connectivity index (χ4v) is 3.29. The Labute approximate surface area is 160 Å². The highest BCUT2D eigenvalue weighted by atomic mass is 32.2. The highest BCUT2D eigenvalue weighted by Crippen LogP contribution is 2.16. The lowest BCUT2D eigenvalue weighted by atomic mass is 10.2. The number of nitrogens with zero attached hydrogens (tertiary/aromatic N) is 3. The van der Waals surface area contributed by atoms with E-state index in [4.69, 9.17) is 9.47 Å². The van der Waals surface area contributed by atoms with Crippen LogP contribution in [0.25, 0.3) is 0 Å². The van der Waals surface area contributed by atoms with Gasteiger partial charge in [0.2, 0.25) is 0 Å². The van der Waals surface area contributed by atoms with E-state index >= 15 is 0 Å². The molecule has 1 aromatic carbocycles. The van der Waals surface area contributed by atoms with Crippen molar-refractivity contribution in [2.24, 2.45) is 7.05 Å². The molecule has 0 unspecified atom stereocenters. The monoisotopic (exact) mass is 412 g/mol. The summed E-state index contributed by atoms with van der Waals surface area (Å²) in [5.41, 5.74) is -1.14. The number of sulfonamides is 1. The number of hydrogen-bond acceptors (Lipinski definition) is 8. The van der Waals surface area contributed by atoms with E-state index in [1.165, 1.54) is 25.2 Å². The molecule has 0 saturated heterocycles. The first kappa shape index (κ1) is 21.2. The number of amides is 1. The summed E-state index contributed by atoms with van der Waals surface area (Å²) in [4.78, 5) is 36.0. The zero-order valence-electron chi connectivity index (χ0n) is 15.5. The molecule has 0 aliphatic heterocycles. The number of carbonyl (C=O) groups excluding carboxylic acids is 2. The number of nitrogens with one attached hydrogen (secondary N) is 1. The van der Waals surface area contributed by atoms with Crippen molar-refractivity contribution in [1.29, 1.82) is 0 Å². The van der Waals surface area contributed by atoms with E-state index in [1.54, 1.807) is 11.6 Å². The van der Waals surface area contributed by atoms with Gasteiger partial charge < -0.3 is 9.47 Å². The molecule has 2 rings (SSSR count). The summed E-state index contributed by atoms with van der Waals surface area (Å²) in [5.74, 6) is -0.860. The van der Waals surface area contributed by atoms with Gasteiger partial charge in [0.05, 0.1) is 18.8 Å². The average Bonchev–Trinajstić information content (AvgIpc) is 2.94. The Kier molecular flexibility index (Phi) is 6.57. The second-order valence-electron chi connectivity index (χ2n) is 5.51. The molecule has 0 aliphatic carbocycles. The van der Waals surface area contributed by atoms with Crippen LogP contribution in [-0.2, 0) is 21.8 Å². The van der Waals surface area contributed by atoms with Crippen LogP contribution < -0.4 is 15.1 Å². The van der Waals surface area contributed by atoms with Crippen molar-refractivity contribution < 1.29 is 27.5 Å². The summed E-state index contributed by atoms with van der Waals surface area (Å²) in [6, 6.07) is 3.77. The van der Waals surface area contributed by atoms with Crippen LogP contribution in [0.3, 0.4) is 0 Å². The van der Waals surface area contributed by atoms with Crippen molar-refractivity contribution in [1.82, 2.24) is 19.1 Å². The maximum Gasteiger partial charge on any atom is 0.360 e.